The van der Waals surface area contributed by atoms with E-state index in [4.69, 9.17) is 21.1 Å². The van der Waals surface area contributed by atoms with Gasteiger partial charge in [-0.15, -0.1) is 11.3 Å². The van der Waals surface area contributed by atoms with E-state index in [1.54, 1.807) is 11.3 Å². The van der Waals surface area contributed by atoms with E-state index in [2.05, 4.69) is 27.5 Å². The quantitative estimate of drug-likeness (QED) is 0.581. The summed E-state index contributed by atoms with van der Waals surface area (Å²) in [7, 11) is 0. The van der Waals surface area contributed by atoms with Crippen LogP contribution in [0.3, 0.4) is 0 Å². The fourth-order valence-corrected chi connectivity index (χ4v) is 3.65. The lowest BCUT2D eigenvalue weighted by Crippen LogP contribution is -2.38. The second-order valence-electron chi connectivity index (χ2n) is 5.84. The topological polar surface area (TPSA) is 67.8 Å². The number of aromatic nitrogens is 1. The van der Waals surface area contributed by atoms with Crippen molar-refractivity contribution in [2.75, 3.05) is 26.3 Å². The molecule has 2 heterocycles. The lowest BCUT2D eigenvalue weighted by atomic mass is 10.2. The number of nitrogens with zero attached hydrogens (tertiary/aromatic N) is 2. The fourth-order valence-electron chi connectivity index (χ4n) is 2.57. The molecule has 6 nitrogen and oxygen atoms in total. The van der Waals surface area contributed by atoms with Crippen molar-refractivity contribution in [2.45, 2.75) is 26.8 Å². The zero-order valence-electron chi connectivity index (χ0n) is 15.0. The molecule has 140 valence electrons. The van der Waals surface area contributed by atoms with Crippen molar-refractivity contribution < 1.29 is 9.47 Å². The van der Waals surface area contributed by atoms with Gasteiger partial charge in [0.15, 0.2) is 17.5 Å². The molecule has 1 aliphatic rings. The average molecular weight is 395 g/mol. The minimum Gasteiger partial charge on any atom is -0.486 e. The summed E-state index contributed by atoms with van der Waals surface area (Å²) >= 11 is 8.01. The largest absolute Gasteiger partial charge is 0.486 e. The van der Waals surface area contributed by atoms with Gasteiger partial charge in [0.05, 0.1) is 16.6 Å². The van der Waals surface area contributed by atoms with E-state index >= 15 is 0 Å². The standard InChI is InChI=1S/C18H23ClN4O2S/c1-3-20-18(21-5-4-16-22-10-12(2)26-16)23-11-13-8-14(19)17-15(9-13)24-6-7-25-17/h8-10H,3-7,11H2,1-2H3,(H2,20,21,23). The van der Waals surface area contributed by atoms with Crippen LogP contribution in [0.15, 0.2) is 23.3 Å². The Morgan fingerprint density at radius 1 is 1.31 bits per heavy atom. The molecular formula is C18H23ClN4O2S. The molecular weight excluding hydrogens is 372 g/mol. The Kier molecular flexibility index (Phi) is 6.57. The number of benzene rings is 1. The first-order valence-electron chi connectivity index (χ1n) is 8.67. The van der Waals surface area contributed by atoms with Crippen molar-refractivity contribution in [1.82, 2.24) is 15.6 Å². The third-order valence-electron chi connectivity index (χ3n) is 3.72. The molecule has 3 rings (SSSR count). The zero-order valence-corrected chi connectivity index (χ0v) is 16.5. The molecule has 1 aromatic heterocycles. The summed E-state index contributed by atoms with van der Waals surface area (Å²) in [5.41, 5.74) is 0.979. The monoisotopic (exact) mass is 394 g/mol. The van der Waals surface area contributed by atoms with Crippen molar-refractivity contribution >= 4 is 28.9 Å². The van der Waals surface area contributed by atoms with Crippen molar-refractivity contribution in [3.05, 3.63) is 38.8 Å². The number of rotatable bonds is 6. The number of guanidine groups is 1. The van der Waals surface area contributed by atoms with Crippen LogP contribution in [0, 0.1) is 6.92 Å². The second-order valence-corrected chi connectivity index (χ2v) is 7.56. The first kappa shape index (κ1) is 18.8. The third kappa shape index (κ3) is 5.02. The first-order valence-corrected chi connectivity index (χ1v) is 9.86. The first-order chi connectivity index (χ1) is 12.7. The van der Waals surface area contributed by atoms with E-state index in [0.29, 0.717) is 36.3 Å². The SMILES string of the molecule is CCNC(=NCc1cc(Cl)c2c(c1)OCCO2)NCCc1ncc(C)s1. The molecule has 1 aliphatic heterocycles. The highest BCUT2D eigenvalue weighted by atomic mass is 35.5. The number of ether oxygens (including phenoxy) is 2. The predicted molar refractivity (Wildman–Crippen MR) is 106 cm³/mol. The molecule has 0 radical (unpaired) electrons. The smallest absolute Gasteiger partial charge is 0.191 e. The molecule has 0 aliphatic carbocycles. The highest BCUT2D eigenvalue weighted by Crippen LogP contribution is 2.38. The van der Waals surface area contributed by atoms with Gasteiger partial charge in [0.1, 0.15) is 13.2 Å². The molecule has 0 amide bonds. The Labute approximate surface area is 162 Å². The highest BCUT2D eigenvalue weighted by Gasteiger charge is 2.16. The summed E-state index contributed by atoms with van der Waals surface area (Å²) in [4.78, 5) is 10.2. The average Bonchev–Trinajstić information content (AvgIpc) is 3.05. The minimum absolute atomic E-state index is 0.502. The van der Waals surface area contributed by atoms with Gasteiger partial charge < -0.3 is 20.1 Å². The van der Waals surface area contributed by atoms with Crippen LogP contribution in [-0.4, -0.2) is 37.2 Å². The van der Waals surface area contributed by atoms with Gasteiger partial charge in [-0.1, -0.05) is 11.6 Å². The number of fused-ring (bicyclic) bond motifs is 1. The van der Waals surface area contributed by atoms with E-state index in [1.165, 1.54) is 4.88 Å². The Morgan fingerprint density at radius 3 is 2.92 bits per heavy atom. The molecule has 0 unspecified atom stereocenters. The van der Waals surface area contributed by atoms with Crippen LogP contribution in [-0.2, 0) is 13.0 Å². The summed E-state index contributed by atoms with van der Waals surface area (Å²) in [6, 6.07) is 3.81. The molecule has 0 saturated carbocycles. The van der Waals surface area contributed by atoms with E-state index in [0.717, 1.165) is 36.0 Å². The number of aryl methyl sites for hydroxylation is 1. The maximum Gasteiger partial charge on any atom is 0.191 e. The molecule has 0 atom stereocenters. The van der Waals surface area contributed by atoms with E-state index in [1.807, 2.05) is 25.3 Å². The van der Waals surface area contributed by atoms with Crippen molar-refractivity contribution in [3.63, 3.8) is 0 Å². The maximum atomic E-state index is 6.29. The summed E-state index contributed by atoms with van der Waals surface area (Å²) in [5, 5.41) is 8.29. The number of aliphatic imine (C=N–C) groups is 1. The molecule has 0 fully saturated rings. The van der Waals surface area contributed by atoms with Crippen molar-refractivity contribution in [2.24, 2.45) is 4.99 Å². The summed E-state index contributed by atoms with van der Waals surface area (Å²) < 4.78 is 11.2. The lowest BCUT2D eigenvalue weighted by molar-refractivity contribution is 0.171. The molecule has 26 heavy (non-hydrogen) atoms. The normalized spacial score (nSPS) is 13.6. The molecule has 2 aromatic rings. The number of thiazole rings is 1. The Morgan fingerprint density at radius 2 is 2.15 bits per heavy atom. The molecule has 0 spiro atoms. The van der Waals surface area contributed by atoms with Crippen LogP contribution in [0.2, 0.25) is 5.02 Å². The Balaban J connectivity index is 1.60. The van der Waals surface area contributed by atoms with Crippen LogP contribution in [0.4, 0.5) is 0 Å². The van der Waals surface area contributed by atoms with Crippen molar-refractivity contribution in [1.29, 1.82) is 0 Å². The Bertz CT molecular complexity index is 779. The van der Waals surface area contributed by atoms with Gasteiger partial charge in [-0.05, 0) is 31.5 Å². The van der Waals surface area contributed by atoms with E-state index in [-0.39, 0.29) is 0 Å². The highest BCUT2D eigenvalue weighted by molar-refractivity contribution is 7.11. The Hall–Kier alpha value is -1.99. The molecule has 1 aromatic carbocycles. The predicted octanol–water partition coefficient (Wildman–Crippen LogP) is 3.17. The molecule has 0 saturated heterocycles. The third-order valence-corrected chi connectivity index (χ3v) is 4.97. The number of hydrogen-bond donors (Lipinski definition) is 2. The summed E-state index contributed by atoms with van der Waals surface area (Å²) in [6.07, 6.45) is 2.78. The number of halogens is 1. The number of hydrogen-bond acceptors (Lipinski definition) is 5. The fraction of sp³-hybridized carbons (Fsp3) is 0.444. The van der Waals surface area contributed by atoms with Crippen LogP contribution >= 0.6 is 22.9 Å². The molecule has 2 N–H and O–H groups in total. The van der Waals surface area contributed by atoms with E-state index < -0.39 is 0 Å². The maximum absolute atomic E-state index is 6.29. The van der Waals surface area contributed by atoms with Gasteiger partial charge in [-0.25, -0.2) is 9.98 Å². The molecule has 8 heteroatoms. The van der Waals surface area contributed by atoms with Crippen molar-refractivity contribution in [3.8, 4) is 11.5 Å². The zero-order chi connectivity index (χ0) is 18.4. The minimum atomic E-state index is 0.502. The summed E-state index contributed by atoms with van der Waals surface area (Å²) in [5.74, 6) is 2.08. The lowest BCUT2D eigenvalue weighted by Gasteiger charge is -2.20. The summed E-state index contributed by atoms with van der Waals surface area (Å²) in [6.45, 7) is 7.25. The van der Waals surface area contributed by atoms with Crippen LogP contribution in [0.5, 0.6) is 11.5 Å². The van der Waals surface area contributed by atoms with Crippen LogP contribution < -0.4 is 20.1 Å². The molecule has 0 bridgehead atoms. The van der Waals surface area contributed by atoms with Gasteiger partial charge in [0, 0.05) is 30.6 Å². The van der Waals surface area contributed by atoms with Gasteiger partial charge >= 0.3 is 0 Å². The van der Waals surface area contributed by atoms with Gasteiger partial charge in [0.2, 0.25) is 0 Å². The van der Waals surface area contributed by atoms with Gasteiger partial charge in [-0.3, -0.25) is 0 Å². The van der Waals surface area contributed by atoms with Gasteiger partial charge in [-0.2, -0.15) is 0 Å². The van der Waals surface area contributed by atoms with Gasteiger partial charge in [0.25, 0.3) is 0 Å². The van der Waals surface area contributed by atoms with Crippen LogP contribution in [0.25, 0.3) is 0 Å². The second kappa shape index (κ2) is 9.09. The van der Waals surface area contributed by atoms with Crippen LogP contribution in [0.1, 0.15) is 22.4 Å². The van der Waals surface area contributed by atoms with E-state index in [9.17, 15) is 0 Å². The number of nitrogens with one attached hydrogen (secondary N) is 2.